The summed E-state index contributed by atoms with van der Waals surface area (Å²) >= 11 is 0. The van der Waals surface area contributed by atoms with E-state index in [-0.39, 0.29) is 11.3 Å². The largest absolute Gasteiger partial charge is 0.360 e. The Morgan fingerprint density at radius 1 is 1.27 bits per heavy atom. The summed E-state index contributed by atoms with van der Waals surface area (Å²) in [7, 11) is 0. The quantitative estimate of drug-likeness (QED) is 0.355. The predicted octanol–water partition coefficient (Wildman–Crippen LogP) is 3.92. The van der Waals surface area contributed by atoms with Gasteiger partial charge in [-0.3, -0.25) is 14.9 Å². The minimum Gasteiger partial charge on any atom is -0.360 e. The van der Waals surface area contributed by atoms with E-state index in [2.05, 4.69) is 10.6 Å². The summed E-state index contributed by atoms with van der Waals surface area (Å²) in [4.78, 5) is 22.4. The summed E-state index contributed by atoms with van der Waals surface area (Å²) in [6.45, 7) is 3.97. The highest BCUT2D eigenvalue weighted by Gasteiger charge is 2.11. The lowest BCUT2D eigenvalue weighted by atomic mass is 10.1. The van der Waals surface area contributed by atoms with Crippen LogP contribution >= 0.6 is 0 Å². The summed E-state index contributed by atoms with van der Waals surface area (Å²) in [5.74, 6) is -0.597. The third kappa shape index (κ3) is 4.45. The Morgan fingerprint density at radius 2 is 1.96 bits per heavy atom. The molecule has 1 amide bonds. The van der Waals surface area contributed by atoms with Crippen molar-refractivity contribution in [2.75, 3.05) is 10.6 Å². The van der Waals surface area contributed by atoms with Crippen LogP contribution in [-0.2, 0) is 11.2 Å². The molecule has 0 aromatic heterocycles. The van der Waals surface area contributed by atoms with Crippen molar-refractivity contribution in [3.63, 3.8) is 0 Å². The Hall–Kier alpha value is -3.66. The van der Waals surface area contributed by atoms with E-state index >= 15 is 0 Å². The SMILES string of the molecule is CCc1cccc(C)c1N/C=C(/C#N)C(=O)Nc1ccc([N+](=O)[O-])cc1. The number of amides is 1. The van der Waals surface area contributed by atoms with Crippen LogP contribution < -0.4 is 10.6 Å². The second-order valence-corrected chi connectivity index (χ2v) is 5.53. The van der Waals surface area contributed by atoms with Crippen LogP contribution in [0.5, 0.6) is 0 Å². The van der Waals surface area contributed by atoms with Gasteiger partial charge in [0.1, 0.15) is 11.6 Å². The molecule has 0 aliphatic heterocycles. The third-order valence-corrected chi connectivity index (χ3v) is 3.80. The Labute approximate surface area is 151 Å². The molecule has 2 rings (SSSR count). The van der Waals surface area contributed by atoms with Crippen LogP contribution in [0.4, 0.5) is 17.1 Å². The van der Waals surface area contributed by atoms with E-state index in [1.165, 1.54) is 30.5 Å². The van der Waals surface area contributed by atoms with Crippen LogP contribution in [0.25, 0.3) is 0 Å². The van der Waals surface area contributed by atoms with E-state index in [4.69, 9.17) is 0 Å². The molecular weight excluding hydrogens is 332 g/mol. The van der Waals surface area contributed by atoms with Crippen molar-refractivity contribution in [2.24, 2.45) is 0 Å². The molecule has 26 heavy (non-hydrogen) atoms. The zero-order chi connectivity index (χ0) is 19.1. The van der Waals surface area contributed by atoms with Gasteiger partial charge in [0.2, 0.25) is 0 Å². The number of nitro benzene ring substituents is 1. The van der Waals surface area contributed by atoms with Gasteiger partial charge in [0, 0.05) is 29.7 Å². The molecule has 7 nitrogen and oxygen atoms in total. The standard InChI is InChI=1S/C19H18N4O3/c1-3-14-6-4-5-13(2)18(14)21-12-15(11-20)19(24)22-16-7-9-17(10-8-16)23(25)26/h4-10,12,21H,3H2,1-2H3,(H,22,24)/b15-12-. The molecule has 2 aromatic rings. The van der Waals surface area contributed by atoms with E-state index < -0.39 is 10.8 Å². The van der Waals surface area contributed by atoms with Crippen molar-refractivity contribution in [3.8, 4) is 6.07 Å². The van der Waals surface area contributed by atoms with E-state index in [1.807, 2.05) is 38.1 Å². The fourth-order valence-electron chi connectivity index (χ4n) is 2.39. The maximum Gasteiger partial charge on any atom is 0.269 e. The highest BCUT2D eigenvalue weighted by Crippen LogP contribution is 2.21. The Morgan fingerprint density at radius 3 is 2.54 bits per heavy atom. The number of nitrogens with one attached hydrogen (secondary N) is 2. The number of nitro groups is 1. The molecule has 0 aliphatic rings. The molecule has 0 fully saturated rings. The predicted molar refractivity (Wildman–Crippen MR) is 99.6 cm³/mol. The van der Waals surface area contributed by atoms with Gasteiger partial charge < -0.3 is 10.6 Å². The number of nitriles is 1. The molecule has 0 radical (unpaired) electrons. The molecule has 0 bridgehead atoms. The van der Waals surface area contributed by atoms with Crippen LogP contribution in [0.1, 0.15) is 18.1 Å². The summed E-state index contributed by atoms with van der Waals surface area (Å²) < 4.78 is 0. The number of benzene rings is 2. The van der Waals surface area contributed by atoms with Crippen LogP contribution in [-0.4, -0.2) is 10.8 Å². The topological polar surface area (TPSA) is 108 Å². The van der Waals surface area contributed by atoms with Gasteiger partial charge >= 0.3 is 0 Å². The van der Waals surface area contributed by atoms with Crippen molar-refractivity contribution in [2.45, 2.75) is 20.3 Å². The third-order valence-electron chi connectivity index (χ3n) is 3.80. The minimum absolute atomic E-state index is 0.0765. The number of hydrogen-bond acceptors (Lipinski definition) is 5. The fourth-order valence-corrected chi connectivity index (χ4v) is 2.39. The van der Waals surface area contributed by atoms with Crippen LogP contribution in [0.2, 0.25) is 0 Å². The zero-order valence-corrected chi connectivity index (χ0v) is 14.4. The molecular formula is C19H18N4O3. The van der Waals surface area contributed by atoms with Crippen molar-refractivity contribution < 1.29 is 9.72 Å². The van der Waals surface area contributed by atoms with Crippen molar-refractivity contribution >= 4 is 23.0 Å². The second-order valence-electron chi connectivity index (χ2n) is 5.53. The first-order chi connectivity index (χ1) is 12.5. The van der Waals surface area contributed by atoms with Gasteiger partial charge in [-0.15, -0.1) is 0 Å². The number of aryl methyl sites for hydroxylation is 2. The number of rotatable bonds is 6. The normalized spacial score (nSPS) is 10.7. The lowest BCUT2D eigenvalue weighted by Gasteiger charge is -2.11. The van der Waals surface area contributed by atoms with E-state index in [1.54, 1.807) is 0 Å². The molecule has 7 heteroatoms. The van der Waals surface area contributed by atoms with Gasteiger partial charge in [0.05, 0.1) is 4.92 Å². The van der Waals surface area contributed by atoms with E-state index in [0.717, 1.165) is 23.2 Å². The molecule has 2 aromatic carbocycles. The van der Waals surface area contributed by atoms with Crippen LogP contribution in [0.15, 0.2) is 54.2 Å². The van der Waals surface area contributed by atoms with Crippen molar-refractivity contribution in [1.82, 2.24) is 0 Å². The van der Waals surface area contributed by atoms with Crippen LogP contribution in [0.3, 0.4) is 0 Å². The molecule has 0 saturated heterocycles. The van der Waals surface area contributed by atoms with Gasteiger partial charge in [-0.1, -0.05) is 25.1 Å². The lowest BCUT2D eigenvalue weighted by Crippen LogP contribution is -2.14. The van der Waals surface area contributed by atoms with E-state index in [9.17, 15) is 20.2 Å². The van der Waals surface area contributed by atoms with Gasteiger partial charge in [0.25, 0.3) is 11.6 Å². The number of nitrogens with zero attached hydrogens (tertiary/aromatic N) is 2. The molecule has 0 atom stereocenters. The molecule has 0 saturated carbocycles. The Kier molecular flexibility index (Phi) is 6.06. The molecule has 0 heterocycles. The average Bonchev–Trinajstić information content (AvgIpc) is 2.63. The first kappa shape index (κ1) is 18.7. The lowest BCUT2D eigenvalue weighted by molar-refractivity contribution is -0.384. The van der Waals surface area contributed by atoms with Gasteiger partial charge in [-0.2, -0.15) is 5.26 Å². The first-order valence-corrected chi connectivity index (χ1v) is 7.97. The minimum atomic E-state index is -0.597. The fraction of sp³-hybridized carbons (Fsp3) is 0.158. The van der Waals surface area contributed by atoms with Crippen LogP contribution in [0, 0.1) is 28.4 Å². The molecule has 0 aliphatic carbocycles. The van der Waals surface area contributed by atoms with Crippen molar-refractivity contribution in [3.05, 3.63) is 75.5 Å². The molecule has 0 spiro atoms. The number of hydrogen-bond donors (Lipinski definition) is 2. The van der Waals surface area contributed by atoms with E-state index in [0.29, 0.717) is 5.69 Å². The summed E-state index contributed by atoms with van der Waals surface area (Å²) in [5.41, 5.74) is 3.14. The van der Waals surface area contributed by atoms with Gasteiger partial charge in [-0.05, 0) is 36.6 Å². The summed E-state index contributed by atoms with van der Waals surface area (Å²) in [5, 5.41) is 25.5. The number of carbonyl (C=O) groups is 1. The highest BCUT2D eigenvalue weighted by molar-refractivity contribution is 6.06. The number of non-ortho nitro benzene ring substituents is 1. The maximum atomic E-state index is 12.2. The number of carbonyl (C=O) groups excluding carboxylic acids is 1. The van der Waals surface area contributed by atoms with Crippen molar-refractivity contribution in [1.29, 1.82) is 5.26 Å². The zero-order valence-electron chi connectivity index (χ0n) is 14.4. The second kappa shape index (κ2) is 8.44. The summed E-state index contributed by atoms with van der Waals surface area (Å²) in [6.07, 6.45) is 2.18. The Balaban J connectivity index is 2.15. The highest BCUT2D eigenvalue weighted by atomic mass is 16.6. The van der Waals surface area contributed by atoms with Gasteiger partial charge in [-0.25, -0.2) is 0 Å². The average molecular weight is 350 g/mol. The Bertz CT molecular complexity index is 896. The number of anilines is 2. The van der Waals surface area contributed by atoms with Gasteiger partial charge in [0.15, 0.2) is 0 Å². The smallest absolute Gasteiger partial charge is 0.269 e. The first-order valence-electron chi connectivity index (χ1n) is 7.97. The monoisotopic (exact) mass is 350 g/mol. The maximum absolute atomic E-state index is 12.2. The number of para-hydroxylation sites is 1. The molecule has 2 N–H and O–H groups in total. The molecule has 132 valence electrons. The molecule has 0 unspecified atom stereocenters. The summed E-state index contributed by atoms with van der Waals surface area (Å²) in [6, 6.07) is 13.1.